The van der Waals surface area contributed by atoms with Crippen molar-refractivity contribution in [3.8, 4) is 6.07 Å². The number of hydrogen-bond donors (Lipinski definition) is 0. The van der Waals surface area contributed by atoms with Crippen LogP contribution in [-0.4, -0.2) is 4.92 Å². The molecule has 14 heavy (non-hydrogen) atoms. The smallest absolute Gasteiger partial charge is 0.258 e. The molecule has 0 bridgehead atoms. The van der Waals surface area contributed by atoms with Crippen molar-refractivity contribution in [1.82, 2.24) is 0 Å². The highest BCUT2D eigenvalue weighted by Crippen LogP contribution is 2.32. The molecule has 1 unspecified atom stereocenters. The van der Waals surface area contributed by atoms with E-state index in [1.54, 1.807) is 13.0 Å². The third-order valence-corrected chi connectivity index (χ3v) is 2.26. The van der Waals surface area contributed by atoms with Crippen LogP contribution in [0.25, 0.3) is 0 Å². The molecule has 0 aromatic heterocycles. The number of nitrogens with zero attached hydrogens (tertiary/aromatic N) is 2. The van der Waals surface area contributed by atoms with Crippen LogP contribution >= 0.6 is 15.9 Å². The van der Waals surface area contributed by atoms with Crippen molar-refractivity contribution in [3.05, 3.63) is 39.4 Å². The molecule has 0 radical (unpaired) electrons. The first-order valence-corrected chi connectivity index (χ1v) is 4.81. The number of hydrogen-bond acceptors (Lipinski definition) is 3. The van der Waals surface area contributed by atoms with Crippen LogP contribution in [0.5, 0.6) is 0 Å². The van der Waals surface area contributed by atoms with Crippen LogP contribution in [0.3, 0.4) is 0 Å². The molecule has 0 aliphatic carbocycles. The molecule has 0 fully saturated rings. The molecule has 5 heteroatoms. The minimum atomic E-state index is -0.478. The van der Waals surface area contributed by atoms with Crippen LogP contribution < -0.4 is 0 Å². The monoisotopic (exact) mass is 254 g/mol. The average Bonchev–Trinajstić information content (AvgIpc) is 2.16. The van der Waals surface area contributed by atoms with E-state index < -0.39 is 4.92 Å². The molecule has 0 N–H and O–H groups in total. The van der Waals surface area contributed by atoms with Crippen molar-refractivity contribution in [2.24, 2.45) is 0 Å². The first-order valence-electron chi connectivity index (χ1n) is 3.89. The summed E-state index contributed by atoms with van der Waals surface area (Å²) in [5.74, 6) is 0. The van der Waals surface area contributed by atoms with Gasteiger partial charge in [0.2, 0.25) is 0 Å². The Balaban J connectivity index is 3.45. The van der Waals surface area contributed by atoms with Gasteiger partial charge in [0.15, 0.2) is 0 Å². The predicted molar refractivity (Wildman–Crippen MR) is 55.2 cm³/mol. The van der Waals surface area contributed by atoms with Gasteiger partial charge in [-0.25, -0.2) is 0 Å². The van der Waals surface area contributed by atoms with E-state index in [4.69, 9.17) is 5.26 Å². The molecule has 1 atom stereocenters. The number of nitro benzene ring substituents is 1. The molecule has 0 saturated heterocycles. The van der Waals surface area contributed by atoms with Crippen molar-refractivity contribution in [2.75, 3.05) is 0 Å². The third-order valence-electron chi connectivity index (χ3n) is 1.80. The van der Waals surface area contributed by atoms with Gasteiger partial charge in [0.1, 0.15) is 0 Å². The lowest BCUT2D eigenvalue weighted by Crippen LogP contribution is -1.98. The largest absolute Gasteiger partial charge is 0.275 e. The molecule has 0 amide bonds. The lowest BCUT2D eigenvalue weighted by Gasteiger charge is -2.06. The average molecular weight is 255 g/mol. The van der Waals surface area contributed by atoms with Crippen molar-refractivity contribution in [2.45, 2.75) is 11.8 Å². The summed E-state index contributed by atoms with van der Waals surface area (Å²) in [5.41, 5.74) is 0.747. The summed E-state index contributed by atoms with van der Waals surface area (Å²) in [7, 11) is 0. The molecule has 1 aromatic carbocycles. The van der Waals surface area contributed by atoms with Gasteiger partial charge in [0.25, 0.3) is 5.69 Å². The summed E-state index contributed by atoms with van der Waals surface area (Å²) in [6.07, 6.45) is 0. The SMILES string of the molecule is CC(Br)c1c(C#N)cccc1[N+](=O)[O-]. The van der Waals surface area contributed by atoms with E-state index >= 15 is 0 Å². The lowest BCUT2D eigenvalue weighted by atomic mass is 10.0. The van der Waals surface area contributed by atoms with Crippen molar-refractivity contribution in [1.29, 1.82) is 5.26 Å². The fourth-order valence-corrected chi connectivity index (χ4v) is 1.71. The van der Waals surface area contributed by atoms with Crippen molar-refractivity contribution < 1.29 is 4.92 Å². The van der Waals surface area contributed by atoms with E-state index in [1.165, 1.54) is 12.1 Å². The second kappa shape index (κ2) is 4.20. The van der Waals surface area contributed by atoms with Gasteiger partial charge in [-0.2, -0.15) is 5.26 Å². The van der Waals surface area contributed by atoms with E-state index in [1.807, 2.05) is 6.07 Å². The van der Waals surface area contributed by atoms with Gasteiger partial charge in [-0.15, -0.1) is 0 Å². The van der Waals surface area contributed by atoms with Crippen LogP contribution in [0, 0.1) is 21.4 Å². The molecule has 4 nitrogen and oxygen atoms in total. The maximum Gasteiger partial charge on any atom is 0.275 e. The number of rotatable bonds is 2. The maximum atomic E-state index is 10.7. The summed E-state index contributed by atoms with van der Waals surface area (Å²) >= 11 is 3.24. The zero-order valence-corrected chi connectivity index (χ0v) is 8.98. The molecule has 0 aliphatic heterocycles. The molecule has 0 spiro atoms. The molecule has 0 aliphatic rings. The highest BCUT2D eigenvalue weighted by atomic mass is 79.9. The normalized spacial score (nSPS) is 11.8. The zero-order chi connectivity index (χ0) is 10.7. The second-order valence-electron chi connectivity index (χ2n) is 2.72. The molecule has 0 heterocycles. The first-order chi connectivity index (χ1) is 6.57. The lowest BCUT2D eigenvalue weighted by molar-refractivity contribution is -0.385. The van der Waals surface area contributed by atoms with Crippen LogP contribution in [0.2, 0.25) is 0 Å². The molecular formula is C9H7BrN2O2. The predicted octanol–water partition coefficient (Wildman–Crippen LogP) is 2.92. The van der Waals surface area contributed by atoms with Gasteiger partial charge in [0.05, 0.1) is 22.1 Å². The molecule has 1 rings (SSSR count). The summed E-state index contributed by atoms with van der Waals surface area (Å²) in [4.78, 5) is 9.98. The Morgan fingerprint density at radius 1 is 1.64 bits per heavy atom. The highest BCUT2D eigenvalue weighted by molar-refractivity contribution is 9.09. The topological polar surface area (TPSA) is 66.9 Å². The van der Waals surface area contributed by atoms with E-state index in [-0.39, 0.29) is 10.5 Å². The van der Waals surface area contributed by atoms with Gasteiger partial charge in [-0.3, -0.25) is 10.1 Å². The van der Waals surface area contributed by atoms with E-state index in [0.29, 0.717) is 11.1 Å². The summed E-state index contributed by atoms with van der Waals surface area (Å²) in [6, 6.07) is 6.41. The van der Waals surface area contributed by atoms with Crippen molar-refractivity contribution in [3.63, 3.8) is 0 Å². The van der Waals surface area contributed by atoms with Crippen LogP contribution in [-0.2, 0) is 0 Å². The Morgan fingerprint density at radius 2 is 2.29 bits per heavy atom. The first kappa shape index (κ1) is 10.7. The van der Waals surface area contributed by atoms with E-state index in [2.05, 4.69) is 15.9 Å². The standard InChI is InChI=1S/C9H7BrN2O2/c1-6(10)9-7(5-11)3-2-4-8(9)12(13)14/h2-4,6H,1H3. The second-order valence-corrected chi connectivity index (χ2v) is 4.10. The van der Waals surface area contributed by atoms with Gasteiger partial charge in [-0.05, 0) is 13.0 Å². The van der Waals surface area contributed by atoms with Crippen LogP contribution in [0.15, 0.2) is 18.2 Å². The third kappa shape index (κ3) is 1.91. The summed E-state index contributed by atoms with van der Waals surface area (Å²) in [5, 5.41) is 19.4. The van der Waals surface area contributed by atoms with Gasteiger partial charge >= 0.3 is 0 Å². The molecule has 72 valence electrons. The maximum absolute atomic E-state index is 10.7. The number of nitro groups is 1. The Kier molecular flexibility index (Phi) is 3.20. The number of alkyl halides is 1. The van der Waals surface area contributed by atoms with Crippen LogP contribution in [0.1, 0.15) is 22.9 Å². The molecule has 0 saturated carbocycles. The minimum absolute atomic E-state index is 0.0200. The fourth-order valence-electron chi connectivity index (χ4n) is 1.23. The number of halogens is 1. The van der Waals surface area contributed by atoms with Crippen LogP contribution in [0.4, 0.5) is 5.69 Å². The molecule has 1 aromatic rings. The van der Waals surface area contributed by atoms with Gasteiger partial charge in [-0.1, -0.05) is 22.0 Å². The Bertz CT molecular complexity index is 410. The number of nitriles is 1. The fraction of sp³-hybridized carbons (Fsp3) is 0.222. The minimum Gasteiger partial charge on any atom is -0.258 e. The quantitative estimate of drug-likeness (QED) is 0.463. The Hall–Kier alpha value is -1.41. The number of benzene rings is 1. The summed E-state index contributed by atoms with van der Waals surface area (Å²) in [6.45, 7) is 1.75. The van der Waals surface area contributed by atoms with Gasteiger partial charge < -0.3 is 0 Å². The Labute approximate surface area is 89.4 Å². The van der Waals surface area contributed by atoms with Crippen molar-refractivity contribution >= 4 is 21.6 Å². The molecular weight excluding hydrogens is 248 g/mol. The Morgan fingerprint density at radius 3 is 2.71 bits per heavy atom. The van der Waals surface area contributed by atoms with E-state index in [9.17, 15) is 10.1 Å². The zero-order valence-electron chi connectivity index (χ0n) is 7.40. The van der Waals surface area contributed by atoms with E-state index in [0.717, 1.165) is 0 Å². The summed E-state index contributed by atoms with van der Waals surface area (Å²) < 4.78 is 0. The van der Waals surface area contributed by atoms with Gasteiger partial charge in [0, 0.05) is 10.9 Å². The highest BCUT2D eigenvalue weighted by Gasteiger charge is 2.20.